The molecular weight excluding hydrogens is 230 g/mol. The Morgan fingerprint density at radius 3 is 2.94 bits per heavy atom. The first-order valence-corrected chi connectivity index (χ1v) is 5.40. The fourth-order valence-corrected chi connectivity index (χ4v) is 1.88. The lowest BCUT2D eigenvalue weighted by Crippen LogP contribution is -2.41. The molecule has 0 bridgehead atoms. The summed E-state index contributed by atoms with van der Waals surface area (Å²) in [5.41, 5.74) is 5.91. The molecule has 0 radical (unpaired) electrons. The van der Waals surface area contributed by atoms with Gasteiger partial charge in [-0.25, -0.2) is 4.98 Å². The Balaban J connectivity index is 2.29. The summed E-state index contributed by atoms with van der Waals surface area (Å²) in [6.45, 7) is 2.46. The van der Waals surface area contributed by atoms with E-state index in [9.17, 15) is 4.79 Å². The Morgan fingerprint density at radius 1 is 1.56 bits per heavy atom. The van der Waals surface area contributed by atoms with Crippen molar-refractivity contribution >= 4 is 23.5 Å². The second kappa shape index (κ2) is 4.21. The molecule has 1 aromatic rings. The summed E-state index contributed by atoms with van der Waals surface area (Å²) in [5.74, 6) is 0.0666. The zero-order valence-electron chi connectivity index (χ0n) is 8.85. The van der Waals surface area contributed by atoms with Gasteiger partial charge in [-0.3, -0.25) is 4.79 Å². The van der Waals surface area contributed by atoms with Gasteiger partial charge in [0.2, 0.25) is 11.9 Å². The van der Waals surface area contributed by atoms with Crippen LogP contribution in [0.2, 0.25) is 5.15 Å². The zero-order valence-corrected chi connectivity index (χ0v) is 9.61. The fourth-order valence-electron chi connectivity index (χ4n) is 1.80. The topological polar surface area (TPSA) is 85.0 Å². The third kappa shape index (κ3) is 1.92. The summed E-state index contributed by atoms with van der Waals surface area (Å²) in [4.78, 5) is 17.2. The summed E-state index contributed by atoms with van der Waals surface area (Å²) in [5, 5.41) is 7.93. The van der Waals surface area contributed by atoms with Crippen LogP contribution in [0.15, 0.2) is 0 Å². The first-order valence-electron chi connectivity index (χ1n) is 5.02. The van der Waals surface area contributed by atoms with Crippen molar-refractivity contribution < 1.29 is 4.79 Å². The number of hydrogen-bond acceptors (Lipinski definition) is 5. The van der Waals surface area contributed by atoms with Crippen molar-refractivity contribution in [3.8, 4) is 0 Å². The van der Waals surface area contributed by atoms with Gasteiger partial charge in [0.1, 0.15) is 6.04 Å². The first-order chi connectivity index (χ1) is 7.59. The first kappa shape index (κ1) is 11.1. The molecule has 2 heterocycles. The molecule has 2 rings (SSSR count). The maximum atomic E-state index is 11.2. The van der Waals surface area contributed by atoms with E-state index >= 15 is 0 Å². The van der Waals surface area contributed by atoms with Crippen molar-refractivity contribution in [3.05, 3.63) is 10.8 Å². The number of primary amides is 1. The minimum absolute atomic E-state index is 0.276. The van der Waals surface area contributed by atoms with E-state index < -0.39 is 0 Å². The summed E-state index contributed by atoms with van der Waals surface area (Å²) in [6, 6.07) is -0.331. The molecule has 0 aliphatic carbocycles. The normalized spacial score (nSPS) is 20.1. The average molecular weight is 242 g/mol. The van der Waals surface area contributed by atoms with E-state index in [2.05, 4.69) is 15.2 Å². The van der Waals surface area contributed by atoms with Crippen molar-refractivity contribution in [2.45, 2.75) is 25.8 Å². The van der Waals surface area contributed by atoms with Crippen molar-refractivity contribution in [2.75, 3.05) is 11.4 Å². The zero-order chi connectivity index (χ0) is 11.7. The van der Waals surface area contributed by atoms with E-state index in [1.165, 1.54) is 0 Å². The second-order valence-corrected chi connectivity index (χ2v) is 4.10. The van der Waals surface area contributed by atoms with E-state index in [0.29, 0.717) is 11.6 Å². The Kier molecular flexibility index (Phi) is 2.91. The molecule has 1 fully saturated rings. The van der Waals surface area contributed by atoms with Crippen LogP contribution in [0, 0.1) is 6.92 Å². The highest BCUT2D eigenvalue weighted by molar-refractivity contribution is 6.29. The Morgan fingerprint density at radius 2 is 2.31 bits per heavy atom. The van der Waals surface area contributed by atoms with Crippen LogP contribution >= 0.6 is 11.6 Å². The van der Waals surface area contributed by atoms with Crippen molar-refractivity contribution in [3.63, 3.8) is 0 Å². The number of carbonyl (C=O) groups is 1. The minimum atomic E-state index is -0.353. The van der Waals surface area contributed by atoms with Gasteiger partial charge in [0.25, 0.3) is 0 Å². The van der Waals surface area contributed by atoms with Crippen LogP contribution in [0.1, 0.15) is 18.5 Å². The number of amides is 1. The average Bonchev–Trinajstić information content (AvgIpc) is 2.71. The van der Waals surface area contributed by atoms with E-state index in [1.54, 1.807) is 11.8 Å². The number of rotatable bonds is 2. The predicted octanol–water partition coefficient (Wildman–Crippen LogP) is 0.288. The monoisotopic (exact) mass is 241 g/mol. The number of nitrogens with zero attached hydrogens (tertiary/aromatic N) is 4. The third-order valence-electron chi connectivity index (χ3n) is 2.63. The van der Waals surface area contributed by atoms with Gasteiger partial charge in [0, 0.05) is 6.54 Å². The molecule has 0 saturated carbocycles. The lowest BCUT2D eigenvalue weighted by molar-refractivity contribution is -0.119. The van der Waals surface area contributed by atoms with Crippen molar-refractivity contribution in [2.24, 2.45) is 5.73 Å². The van der Waals surface area contributed by atoms with Crippen molar-refractivity contribution in [1.29, 1.82) is 0 Å². The van der Waals surface area contributed by atoms with Crippen LogP contribution in [0.4, 0.5) is 5.95 Å². The van der Waals surface area contributed by atoms with Crippen LogP contribution in [0.5, 0.6) is 0 Å². The van der Waals surface area contributed by atoms with Crippen LogP contribution in [-0.2, 0) is 4.79 Å². The number of halogens is 1. The van der Waals surface area contributed by atoms with Gasteiger partial charge in [-0.1, -0.05) is 11.6 Å². The predicted molar refractivity (Wildman–Crippen MR) is 59.1 cm³/mol. The standard InChI is InChI=1S/C9H12ClN5O/c1-5-7(10)13-14-9(12-5)15-4-2-3-6(15)8(11)16/h6H,2-4H2,1H3,(H2,11,16)/t6-/m0/s1. The van der Waals surface area contributed by atoms with E-state index in [1.807, 2.05) is 0 Å². The number of hydrogen-bond donors (Lipinski definition) is 1. The summed E-state index contributed by atoms with van der Waals surface area (Å²) in [6.07, 6.45) is 1.64. The largest absolute Gasteiger partial charge is 0.368 e. The fraction of sp³-hybridized carbons (Fsp3) is 0.556. The van der Waals surface area contributed by atoms with Gasteiger partial charge in [-0.05, 0) is 19.8 Å². The smallest absolute Gasteiger partial charge is 0.246 e. The molecule has 1 aliphatic heterocycles. The second-order valence-electron chi connectivity index (χ2n) is 3.74. The molecular formula is C9H12ClN5O. The highest BCUT2D eigenvalue weighted by atomic mass is 35.5. The maximum Gasteiger partial charge on any atom is 0.246 e. The SMILES string of the molecule is Cc1nc(N2CCC[C@H]2C(N)=O)nnc1Cl. The van der Waals surface area contributed by atoms with E-state index in [4.69, 9.17) is 17.3 Å². The van der Waals surface area contributed by atoms with Crippen LogP contribution in [-0.4, -0.2) is 33.7 Å². The highest BCUT2D eigenvalue weighted by Gasteiger charge is 2.31. The van der Waals surface area contributed by atoms with Gasteiger partial charge in [-0.2, -0.15) is 0 Å². The van der Waals surface area contributed by atoms with E-state index in [-0.39, 0.29) is 17.1 Å². The number of aromatic nitrogens is 3. The molecule has 1 aliphatic rings. The summed E-state index contributed by atoms with van der Waals surface area (Å²) in [7, 11) is 0. The number of nitrogens with two attached hydrogens (primary N) is 1. The molecule has 16 heavy (non-hydrogen) atoms. The molecule has 1 saturated heterocycles. The number of aryl methyl sites for hydroxylation is 1. The summed E-state index contributed by atoms with van der Waals surface area (Å²) >= 11 is 5.74. The molecule has 0 spiro atoms. The lowest BCUT2D eigenvalue weighted by atomic mass is 10.2. The maximum absolute atomic E-state index is 11.2. The van der Waals surface area contributed by atoms with Crippen molar-refractivity contribution in [1.82, 2.24) is 15.2 Å². The van der Waals surface area contributed by atoms with Gasteiger partial charge in [-0.15, -0.1) is 10.2 Å². The molecule has 2 N–H and O–H groups in total. The molecule has 7 heteroatoms. The Labute approximate surface area is 97.8 Å². The van der Waals surface area contributed by atoms with Crippen LogP contribution in [0.25, 0.3) is 0 Å². The molecule has 86 valence electrons. The van der Waals surface area contributed by atoms with Gasteiger partial charge in [0.05, 0.1) is 5.69 Å². The van der Waals surface area contributed by atoms with Crippen LogP contribution < -0.4 is 10.6 Å². The Bertz CT molecular complexity index is 424. The number of anilines is 1. The highest BCUT2D eigenvalue weighted by Crippen LogP contribution is 2.22. The molecule has 1 aromatic heterocycles. The van der Waals surface area contributed by atoms with Gasteiger partial charge in [0.15, 0.2) is 5.15 Å². The van der Waals surface area contributed by atoms with Gasteiger partial charge >= 0.3 is 0 Å². The number of carbonyl (C=O) groups excluding carboxylic acids is 1. The minimum Gasteiger partial charge on any atom is -0.368 e. The van der Waals surface area contributed by atoms with E-state index in [0.717, 1.165) is 19.4 Å². The summed E-state index contributed by atoms with van der Waals surface area (Å²) < 4.78 is 0. The molecule has 0 aromatic carbocycles. The Hall–Kier alpha value is -1.43. The van der Waals surface area contributed by atoms with Crippen LogP contribution in [0.3, 0.4) is 0 Å². The molecule has 6 nitrogen and oxygen atoms in total. The lowest BCUT2D eigenvalue weighted by Gasteiger charge is -2.21. The molecule has 1 amide bonds. The quantitative estimate of drug-likeness (QED) is 0.804. The third-order valence-corrected chi connectivity index (χ3v) is 2.98. The molecule has 1 atom stereocenters. The van der Waals surface area contributed by atoms with Gasteiger partial charge < -0.3 is 10.6 Å². The molecule has 0 unspecified atom stereocenters.